The first-order valence-electron chi connectivity index (χ1n) is 8.89. The van der Waals surface area contributed by atoms with Crippen molar-refractivity contribution in [2.45, 2.75) is 44.6 Å². The Labute approximate surface area is 159 Å². The van der Waals surface area contributed by atoms with Crippen molar-refractivity contribution in [3.63, 3.8) is 0 Å². The number of primary amides is 1. The van der Waals surface area contributed by atoms with Crippen molar-refractivity contribution in [1.82, 2.24) is 4.72 Å². The van der Waals surface area contributed by atoms with E-state index in [0.29, 0.717) is 30.8 Å². The number of sulfonamides is 1. The lowest BCUT2D eigenvalue weighted by Crippen LogP contribution is -2.39. The van der Waals surface area contributed by atoms with Crippen LogP contribution in [0.5, 0.6) is 5.75 Å². The summed E-state index contributed by atoms with van der Waals surface area (Å²) in [5.41, 5.74) is 9.00. The maximum atomic E-state index is 12.1. The van der Waals surface area contributed by atoms with Gasteiger partial charge < -0.3 is 10.5 Å². The second-order valence-electron chi connectivity index (χ2n) is 7.10. The summed E-state index contributed by atoms with van der Waals surface area (Å²) >= 11 is 0. The molecule has 144 valence electrons. The van der Waals surface area contributed by atoms with E-state index in [1.807, 2.05) is 12.1 Å². The number of hydrogen-bond acceptors (Lipinski definition) is 4. The molecule has 1 atom stereocenters. The van der Waals surface area contributed by atoms with Crippen LogP contribution in [0.3, 0.4) is 0 Å². The van der Waals surface area contributed by atoms with Crippen LogP contribution in [-0.4, -0.2) is 25.6 Å². The van der Waals surface area contributed by atoms with Gasteiger partial charge in [-0.15, -0.1) is 0 Å². The molecule has 2 aromatic carbocycles. The number of rotatable bonds is 7. The van der Waals surface area contributed by atoms with Gasteiger partial charge in [-0.1, -0.05) is 18.2 Å². The average molecular weight is 388 g/mol. The van der Waals surface area contributed by atoms with Gasteiger partial charge in [0.05, 0.1) is 5.25 Å². The molecule has 2 aromatic rings. The number of fused-ring (bicyclic) bond motifs is 1. The van der Waals surface area contributed by atoms with Crippen LogP contribution in [0.4, 0.5) is 0 Å². The third kappa shape index (κ3) is 4.67. The Balaban J connectivity index is 1.61. The SMILES string of the molecule is CC(C)S(=O)(=O)NC1Cc2ccc(COc3ccc(C(N)=O)cc3)cc2C1. The summed E-state index contributed by atoms with van der Waals surface area (Å²) in [5.74, 6) is 0.186. The number of benzene rings is 2. The van der Waals surface area contributed by atoms with Crippen molar-refractivity contribution in [2.75, 3.05) is 0 Å². The second kappa shape index (κ2) is 7.70. The molecule has 1 unspecified atom stereocenters. The Morgan fingerprint density at radius 3 is 2.44 bits per heavy atom. The molecule has 1 aliphatic rings. The number of nitrogens with one attached hydrogen (secondary N) is 1. The minimum Gasteiger partial charge on any atom is -0.489 e. The Morgan fingerprint density at radius 1 is 1.15 bits per heavy atom. The number of amides is 1. The van der Waals surface area contributed by atoms with Crippen LogP contribution >= 0.6 is 0 Å². The van der Waals surface area contributed by atoms with Crippen LogP contribution in [-0.2, 0) is 29.5 Å². The summed E-state index contributed by atoms with van der Waals surface area (Å²) in [4.78, 5) is 11.1. The Bertz CT molecular complexity index is 937. The molecule has 6 nitrogen and oxygen atoms in total. The van der Waals surface area contributed by atoms with Crippen molar-refractivity contribution < 1.29 is 17.9 Å². The quantitative estimate of drug-likeness (QED) is 0.759. The molecule has 0 aromatic heterocycles. The van der Waals surface area contributed by atoms with Gasteiger partial charge in [0.1, 0.15) is 12.4 Å². The van der Waals surface area contributed by atoms with E-state index in [9.17, 15) is 13.2 Å². The molecule has 27 heavy (non-hydrogen) atoms. The Hall–Kier alpha value is -2.38. The number of nitrogens with two attached hydrogens (primary N) is 1. The van der Waals surface area contributed by atoms with Gasteiger partial charge in [-0.25, -0.2) is 13.1 Å². The van der Waals surface area contributed by atoms with Crippen molar-refractivity contribution in [3.8, 4) is 5.75 Å². The molecule has 0 fully saturated rings. The first-order valence-corrected chi connectivity index (χ1v) is 10.4. The number of carbonyl (C=O) groups is 1. The van der Waals surface area contributed by atoms with Crippen LogP contribution in [0.25, 0.3) is 0 Å². The lowest BCUT2D eigenvalue weighted by Gasteiger charge is -2.14. The first kappa shape index (κ1) is 19.4. The minimum atomic E-state index is -3.27. The molecular weight excluding hydrogens is 364 g/mol. The largest absolute Gasteiger partial charge is 0.489 e. The highest BCUT2D eigenvalue weighted by Gasteiger charge is 2.27. The maximum absolute atomic E-state index is 12.1. The molecule has 1 amide bonds. The second-order valence-corrected chi connectivity index (χ2v) is 9.37. The fourth-order valence-corrected chi connectivity index (χ4v) is 4.00. The lowest BCUT2D eigenvalue weighted by atomic mass is 10.1. The Kier molecular flexibility index (Phi) is 5.53. The highest BCUT2D eigenvalue weighted by molar-refractivity contribution is 7.90. The summed E-state index contributed by atoms with van der Waals surface area (Å²) < 4.78 is 32.7. The molecule has 1 aliphatic carbocycles. The molecule has 0 spiro atoms. The van der Waals surface area contributed by atoms with Crippen LogP contribution in [0.1, 0.15) is 40.9 Å². The molecule has 3 N–H and O–H groups in total. The van der Waals surface area contributed by atoms with Crippen molar-refractivity contribution in [1.29, 1.82) is 0 Å². The van der Waals surface area contributed by atoms with E-state index in [0.717, 1.165) is 11.1 Å². The molecule has 0 bridgehead atoms. The highest BCUT2D eigenvalue weighted by atomic mass is 32.2. The molecule has 0 saturated heterocycles. The van der Waals surface area contributed by atoms with Crippen LogP contribution in [0.2, 0.25) is 0 Å². The fraction of sp³-hybridized carbons (Fsp3) is 0.350. The molecule has 0 saturated carbocycles. The first-order chi connectivity index (χ1) is 12.7. The maximum Gasteiger partial charge on any atom is 0.248 e. The van der Waals surface area contributed by atoms with Crippen molar-refractivity contribution in [3.05, 3.63) is 64.7 Å². The van der Waals surface area contributed by atoms with E-state index < -0.39 is 21.2 Å². The van der Waals surface area contributed by atoms with Gasteiger partial charge in [-0.2, -0.15) is 0 Å². The standard InChI is InChI=1S/C20H24N2O4S/c1-13(2)27(24,25)22-18-10-16-4-3-14(9-17(16)11-18)12-26-19-7-5-15(6-8-19)20(21)23/h3-9,13,18,22H,10-12H2,1-2H3,(H2,21,23). The monoisotopic (exact) mass is 388 g/mol. The van der Waals surface area contributed by atoms with Crippen LogP contribution in [0, 0.1) is 0 Å². The van der Waals surface area contributed by atoms with E-state index in [-0.39, 0.29) is 6.04 Å². The van der Waals surface area contributed by atoms with Gasteiger partial charge in [0.2, 0.25) is 15.9 Å². The zero-order chi connectivity index (χ0) is 19.6. The molecule has 7 heteroatoms. The van der Waals surface area contributed by atoms with E-state index in [2.05, 4.69) is 10.8 Å². The zero-order valence-electron chi connectivity index (χ0n) is 15.4. The molecule has 0 heterocycles. The predicted molar refractivity (Wildman–Crippen MR) is 104 cm³/mol. The molecule has 0 aliphatic heterocycles. The smallest absolute Gasteiger partial charge is 0.248 e. The van der Waals surface area contributed by atoms with Gasteiger partial charge in [0, 0.05) is 11.6 Å². The average Bonchev–Trinajstić information content (AvgIpc) is 3.00. The van der Waals surface area contributed by atoms with Crippen molar-refractivity contribution in [2.24, 2.45) is 5.73 Å². The fourth-order valence-electron chi connectivity index (χ4n) is 3.10. The van der Waals surface area contributed by atoms with E-state index in [1.165, 1.54) is 5.56 Å². The molecular formula is C20H24N2O4S. The highest BCUT2D eigenvalue weighted by Crippen LogP contribution is 2.25. The van der Waals surface area contributed by atoms with Crippen LogP contribution < -0.4 is 15.2 Å². The minimum absolute atomic E-state index is 0.0927. The van der Waals surface area contributed by atoms with E-state index in [1.54, 1.807) is 38.1 Å². The number of hydrogen-bond donors (Lipinski definition) is 2. The lowest BCUT2D eigenvalue weighted by molar-refractivity contribution is 0.1000. The third-order valence-electron chi connectivity index (χ3n) is 4.70. The third-order valence-corrected chi connectivity index (χ3v) is 6.60. The zero-order valence-corrected chi connectivity index (χ0v) is 16.3. The summed E-state index contributed by atoms with van der Waals surface area (Å²) in [6, 6.07) is 12.7. The van der Waals surface area contributed by atoms with Gasteiger partial charge >= 0.3 is 0 Å². The van der Waals surface area contributed by atoms with Crippen LogP contribution in [0.15, 0.2) is 42.5 Å². The van der Waals surface area contributed by atoms with E-state index >= 15 is 0 Å². The Morgan fingerprint density at radius 2 is 1.81 bits per heavy atom. The molecule has 0 radical (unpaired) electrons. The summed E-state index contributed by atoms with van der Waals surface area (Å²) in [6.45, 7) is 3.75. The summed E-state index contributed by atoms with van der Waals surface area (Å²) in [5, 5.41) is -0.439. The van der Waals surface area contributed by atoms with Gasteiger partial charge in [-0.3, -0.25) is 4.79 Å². The topological polar surface area (TPSA) is 98.5 Å². The summed E-state index contributed by atoms with van der Waals surface area (Å²) in [6.07, 6.45) is 1.39. The van der Waals surface area contributed by atoms with Gasteiger partial charge in [-0.05, 0) is 67.6 Å². The van der Waals surface area contributed by atoms with E-state index in [4.69, 9.17) is 10.5 Å². The van der Waals surface area contributed by atoms with Gasteiger partial charge in [0.25, 0.3) is 0 Å². The van der Waals surface area contributed by atoms with Gasteiger partial charge in [0.15, 0.2) is 0 Å². The number of ether oxygens (including phenoxy) is 1. The number of carbonyl (C=O) groups excluding carboxylic acids is 1. The normalized spacial score (nSPS) is 16.3. The summed E-state index contributed by atoms with van der Waals surface area (Å²) in [7, 11) is -3.27. The van der Waals surface area contributed by atoms with Crippen molar-refractivity contribution >= 4 is 15.9 Å². The predicted octanol–water partition coefficient (Wildman–Crippen LogP) is 2.16. The molecule has 3 rings (SSSR count).